The molecule has 4 nitrogen and oxygen atoms in total. The molecule has 0 saturated heterocycles. The Morgan fingerprint density at radius 3 is 2.79 bits per heavy atom. The van der Waals surface area contributed by atoms with Gasteiger partial charge in [0, 0.05) is 11.9 Å². The molecule has 0 aliphatic heterocycles. The molecule has 0 aliphatic carbocycles. The van der Waals surface area contributed by atoms with Crippen molar-refractivity contribution in [3.05, 3.63) is 30.5 Å². The first-order valence-electron chi connectivity index (χ1n) is 6.63. The maximum Gasteiger partial charge on any atom is 0.0743 e. The lowest BCUT2D eigenvalue weighted by atomic mass is 10.1. The van der Waals surface area contributed by atoms with E-state index in [1.54, 1.807) is 6.20 Å². The Morgan fingerprint density at radius 1 is 1.32 bits per heavy atom. The van der Waals surface area contributed by atoms with Crippen molar-refractivity contribution in [1.82, 2.24) is 4.98 Å². The summed E-state index contributed by atoms with van der Waals surface area (Å²) in [5.41, 5.74) is 8.33. The van der Waals surface area contributed by atoms with Crippen LogP contribution in [0.25, 0.3) is 10.9 Å². The van der Waals surface area contributed by atoms with Gasteiger partial charge < -0.3 is 16.2 Å². The number of aliphatic hydroxyl groups excluding tert-OH is 1. The molecule has 4 heteroatoms. The minimum absolute atomic E-state index is 0.369. The number of aliphatic hydroxyl groups is 1. The summed E-state index contributed by atoms with van der Waals surface area (Å²) >= 11 is 0. The quantitative estimate of drug-likeness (QED) is 0.772. The molecule has 4 N–H and O–H groups in total. The molecule has 0 saturated carbocycles. The SMILES string of the molecule is CC(C)CC(O)CNc1c(N)cnc2ccccc12. The van der Waals surface area contributed by atoms with Gasteiger partial charge in [-0.3, -0.25) is 4.98 Å². The van der Waals surface area contributed by atoms with Gasteiger partial charge in [-0.1, -0.05) is 32.0 Å². The number of pyridine rings is 1. The fourth-order valence-corrected chi connectivity index (χ4v) is 2.20. The van der Waals surface area contributed by atoms with Crippen LogP contribution < -0.4 is 11.1 Å². The molecule has 1 heterocycles. The first-order valence-corrected chi connectivity index (χ1v) is 6.63. The normalized spacial score (nSPS) is 12.8. The Bertz CT molecular complexity index is 554. The van der Waals surface area contributed by atoms with Gasteiger partial charge in [-0.25, -0.2) is 0 Å². The minimum Gasteiger partial charge on any atom is -0.396 e. The lowest BCUT2D eigenvalue weighted by Gasteiger charge is -2.17. The van der Waals surface area contributed by atoms with Crippen LogP contribution in [0.15, 0.2) is 30.5 Å². The van der Waals surface area contributed by atoms with Crippen LogP contribution in [0.3, 0.4) is 0 Å². The van der Waals surface area contributed by atoms with Crippen molar-refractivity contribution >= 4 is 22.3 Å². The molecule has 1 atom stereocenters. The predicted octanol–water partition coefficient (Wildman–Crippen LogP) is 2.64. The summed E-state index contributed by atoms with van der Waals surface area (Å²) in [6.45, 7) is 4.69. The minimum atomic E-state index is -0.369. The number of fused-ring (bicyclic) bond motifs is 1. The van der Waals surface area contributed by atoms with Crippen LogP contribution in [0.1, 0.15) is 20.3 Å². The molecule has 102 valence electrons. The average molecular weight is 259 g/mol. The Kier molecular flexibility index (Phi) is 4.22. The smallest absolute Gasteiger partial charge is 0.0743 e. The molecule has 2 rings (SSSR count). The largest absolute Gasteiger partial charge is 0.396 e. The van der Waals surface area contributed by atoms with E-state index < -0.39 is 0 Å². The summed E-state index contributed by atoms with van der Waals surface area (Å²) in [6, 6.07) is 7.84. The van der Waals surface area contributed by atoms with Crippen LogP contribution in [0.4, 0.5) is 11.4 Å². The highest BCUT2D eigenvalue weighted by Gasteiger charge is 2.10. The molecule has 1 aromatic carbocycles. The highest BCUT2D eigenvalue weighted by Crippen LogP contribution is 2.27. The zero-order valence-electron chi connectivity index (χ0n) is 11.4. The Morgan fingerprint density at radius 2 is 2.05 bits per heavy atom. The Balaban J connectivity index is 2.18. The predicted molar refractivity (Wildman–Crippen MR) is 80.1 cm³/mol. The number of hydrogen-bond donors (Lipinski definition) is 3. The van der Waals surface area contributed by atoms with E-state index in [0.29, 0.717) is 18.2 Å². The number of anilines is 2. The van der Waals surface area contributed by atoms with E-state index in [1.807, 2.05) is 24.3 Å². The van der Waals surface area contributed by atoms with Crippen molar-refractivity contribution in [2.24, 2.45) is 5.92 Å². The van der Waals surface area contributed by atoms with Crippen molar-refractivity contribution in [3.8, 4) is 0 Å². The highest BCUT2D eigenvalue weighted by atomic mass is 16.3. The molecule has 0 amide bonds. The molecular formula is C15H21N3O. The third kappa shape index (κ3) is 3.35. The second kappa shape index (κ2) is 5.89. The fourth-order valence-electron chi connectivity index (χ4n) is 2.20. The number of nitrogens with two attached hydrogens (primary N) is 1. The van der Waals surface area contributed by atoms with Crippen LogP contribution in [0.2, 0.25) is 0 Å². The molecule has 1 unspecified atom stereocenters. The lowest BCUT2D eigenvalue weighted by Crippen LogP contribution is -2.21. The average Bonchev–Trinajstić information content (AvgIpc) is 2.36. The molecule has 0 aliphatic rings. The van der Waals surface area contributed by atoms with E-state index in [4.69, 9.17) is 5.73 Å². The maximum absolute atomic E-state index is 9.92. The Hall–Kier alpha value is -1.81. The summed E-state index contributed by atoms with van der Waals surface area (Å²) in [5, 5.41) is 14.2. The van der Waals surface area contributed by atoms with Crippen LogP contribution in [0, 0.1) is 5.92 Å². The number of hydrogen-bond acceptors (Lipinski definition) is 4. The van der Waals surface area contributed by atoms with E-state index in [2.05, 4.69) is 24.1 Å². The van der Waals surface area contributed by atoms with Gasteiger partial charge in [0.15, 0.2) is 0 Å². The maximum atomic E-state index is 9.92. The summed E-state index contributed by atoms with van der Waals surface area (Å²) in [5.74, 6) is 0.475. The first kappa shape index (κ1) is 13.6. The van der Waals surface area contributed by atoms with Gasteiger partial charge in [0.2, 0.25) is 0 Å². The zero-order chi connectivity index (χ0) is 13.8. The van der Waals surface area contributed by atoms with Gasteiger partial charge in [0.1, 0.15) is 0 Å². The van der Waals surface area contributed by atoms with E-state index in [0.717, 1.165) is 23.0 Å². The molecule has 0 fully saturated rings. The van der Waals surface area contributed by atoms with Crippen molar-refractivity contribution in [1.29, 1.82) is 0 Å². The Labute approximate surface area is 113 Å². The third-order valence-electron chi connectivity index (χ3n) is 3.06. The number of benzene rings is 1. The molecule has 0 spiro atoms. The van der Waals surface area contributed by atoms with Crippen molar-refractivity contribution in [2.45, 2.75) is 26.4 Å². The number of nitrogens with one attached hydrogen (secondary N) is 1. The van der Waals surface area contributed by atoms with Crippen LogP contribution >= 0.6 is 0 Å². The molecule has 2 aromatic rings. The van der Waals surface area contributed by atoms with Gasteiger partial charge in [-0.15, -0.1) is 0 Å². The fraction of sp³-hybridized carbons (Fsp3) is 0.400. The molecular weight excluding hydrogens is 238 g/mol. The van der Waals surface area contributed by atoms with E-state index >= 15 is 0 Å². The van der Waals surface area contributed by atoms with Crippen molar-refractivity contribution in [2.75, 3.05) is 17.6 Å². The zero-order valence-corrected chi connectivity index (χ0v) is 11.4. The molecule has 1 aromatic heterocycles. The highest BCUT2D eigenvalue weighted by molar-refractivity contribution is 5.96. The van der Waals surface area contributed by atoms with Gasteiger partial charge >= 0.3 is 0 Å². The monoisotopic (exact) mass is 259 g/mol. The topological polar surface area (TPSA) is 71.2 Å². The standard InChI is InChI=1S/C15H21N3O/c1-10(2)7-11(19)8-18-15-12-5-3-4-6-14(12)17-9-13(15)16/h3-6,9-11,19H,7-8,16H2,1-2H3,(H,17,18). The number of rotatable bonds is 5. The summed E-state index contributed by atoms with van der Waals surface area (Å²) < 4.78 is 0. The third-order valence-corrected chi connectivity index (χ3v) is 3.06. The lowest BCUT2D eigenvalue weighted by molar-refractivity contribution is 0.161. The second-order valence-electron chi connectivity index (χ2n) is 5.27. The van der Waals surface area contributed by atoms with Gasteiger partial charge in [-0.05, 0) is 18.4 Å². The summed E-state index contributed by atoms with van der Waals surface area (Å²) in [6.07, 6.45) is 2.06. The first-order chi connectivity index (χ1) is 9.08. The van der Waals surface area contributed by atoms with Crippen molar-refractivity contribution < 1.29 is 5.11 Å². The number of nitrogen functional groups attached to an aromatic ring is 1. The van der Waals surface area contributed by atoms with Gasteiger partial charge in [0.25, 0.3) is 0 Å². The number of aromatic nitrogens is 1. The van der Waals surface area contributed by atoms with Crippen LogP contribution in [-0.2, 0) is 0 Å². The van der Waals surface area contributed by atoms with Crippen LogP contribution in [0.5, 0.6) is 0 Å². The molecule has 19 heavy (non-hydrogen) atoms. The number of nitrogens with zero attached hydrogens (tertiary/aromatic N) is 1. The van der Waals surface area contributed by atoms with Crippen molar-refractivity contribution in [3.63, 3.8) is 0 Å². The van der Waals surface area contributed by atoms with E-state index in [-0.39, 0.29) is 6.10 Å². The van der Waals surface area contributed by atoms with E-state index in [9.17, 15) is 5.11 Å². The summed E-state index contributed by atoms with van der Waals surface area (Å²) in [7, 11) is 0. The van der Waals surface area contributed by atoms with Crippen LogP contribution in [-0.4, -0.2) is 22.7 Å². The van der Waals surface area contributed by atoms with E-state index in [1.165, 1.54) is 0 Å². The molecule has 0 bridgehead atoms. The van der Waals surface area contributed by atoms with Gasteiger partial charge in [0.05, 0.1) is 29.2 Å². The van der Waals surface area contributed by atoms with Gasteiger partial charge in [-0.2, -0.15) is 0 Å². The summed E-state index contributed by atoms with van der Waals surface area (Å²) in [4.78, 5) is 4.29. The number of para-hydroxylation sites is 1. The molecule has 0 radical (unpaired) electrons. The second-order valence-corrected chi connectivity index (χ2v) is 5.27.